The number of hydrogen-bond donors (Lipinski definition) is 0. The maximum atomic E-state index is 12.8. The van der Waals surface area contributed by atoms with Gasteiger partial charge in [0.05, 0.1) is 24.7 Å². The lowest BCUT2D eigenvalue weighted by molar-refractivity contribution is -0.131. The molecule has 0 radical (unpaired) electrons. The second-order valence-electron chi connectivity index (χ2n) is 7.59. The molecule has 1 aromatic heterocycles. The Morgan fingerprint density at radius 2 is 1.83 bits per heavy atom. The van der Waals surface area contributed by atoms with Gasteiger partial charge in [-0.1, -0.05) is 12.1 Å². The second-order valence-corrected chi connectivity index (χ2v) is 7.59. The molecule has 0 atom stereocenters. The van der Waals surface area contributed by atoms with Crippen molar-refractivity contribution in [1.82, 2.24) is 19.6 Å². The fourth-order valence-electron chi connectivity index (χ4n) is 3.47. The van der Waals surface area contributed by atoms with E-state index in [1.165, 1.54) is 0 Å². The van der Waals surface area contributed by atoms with Crippen LogP contribution < -0.4 is 0 Å². The Labute approximate surface area is 178 Å². The molecular formula is C23H31N5O2. The number of rotatable bonds is 9. The normalized spacial score (nSPS) is 10.5. The van der Waals surface area contributed by atoms with Gasteiger partial charge in [-0.15, -0.1) is 0 Å². The Kier molecular flexibility index (Phi) is 8.16. The molecule has 0 saturated heterocycles. The third kappa shape index (κ3) is 5.69. The first kappa shape index (κ1) is 23.1. The highest BCUT2D eigenvalue weighted by molar-refractivity contribution is 5.93. The molecule has 0 aliphatic carbocycles. The maximum Gasteiger partial charge on any atom is 0.253 e. The zero-order chi connectivity index (χ0) is 22.3. The number of aromatic nitrogens is 2. The molecule has 2 rings (SSSR count). The molecule has 1 heterocycles. The van der Waals surface area contributed by atoms with Crippen molar-refractivity contribution in [2.45, 2.75) is 53.1 Å². The number of aryl methyl sites for hydroxylation is 2. The summed E-state index contributed by atoms with van der Waals surface area (Å²) < 4.78 is 1.85. The molecule has 2 amide bonds. The third-order valence-corrected chi connectivity index (χ3v) is 5.27. The van der Waals surface area contributed by atoms with Crippen LogP contribution in [-0.4, -0.2) is 52.0 Å². The smallest absolute Gasteiger partial charge is 0.253 e. The van der Waals surface area contributed by atoms with E-state index in [9.17, 15) is 9.59 Å². The summed E-state index contributed by atoms with van der Waals surface area (Å²) in [6.07, 6.45) is 1.47. The largest absolute Gasteiger partial charge is 0.345 e. The summed E-state index contributed by atoms with van der Waals surface area (Å²) in [6.45, 7) is 7.62. The van der Waals surface area contributed by atoms with Crippen LogP contribution in [0.15, 0.2) is 24.3 Å². The highest BCUT2D eigenvalue weighted by Crippen LogP contribution is 2.17. The maximum absolute atomic E-state index is 12.8. The lowest BCUT2D eigenvalue weighted by atomic mass is 10.1. The van der Waals surface area contributed by atoms with Gasteiger partial charge in [-0.05, 0) is 50.5 Å². The monoisotopic (exact) mass is 409 g/mol. The van der Waals surface area contributed by atoms with Crippen molar-refractivity contribution in [3.05, 3.63) is 52.3 Å². The van der Waals surface area contributed by atoms with E-state index in [0.717, 1.165) is 22.5 Å². The fraction of sp³-hybridized carbons (Fsp3) is 0.478. The number of benzene rings is 1. The topological polar surface area (TPSA) is 82.2 Å². The van der Waals surface area contributed by atoms with Crippen LogP contribution in [0.25, 0.3) is 0 Å². The summed E-state index contributed by atoms with van der Waals surface area (Å²) in [6, 6.07) is 9.55. The van der Waals surface area contributed by atoms with Gasteiger partial charge in [-0.2, -0.15) is 10.4 Å². The molecule has 0 fully saturated rings. The van der Waals surface area contributed by atoms with Crippen LogP contribution in [0, 0.1) is 25.2 Å². The summed E-state index contributed by atoms with van der Waals surface area (Å²) in [5, 5.41) is 13.3. The van der Waals surface area contributed by atoms with E-state index in [4.69, 9.17) is 5.26 Å². The van der Waals surface area contributed by atoms with Crippen LogP contribution in [0.3, 0.4) is 0 Å². The van der Waals surface area contributed by atoms with Crippen molar-refractivity contribution in [3.63, 3.8) is 0 Å². The molecule has 0 aliphatic rings. The van der Waals surface area contributed by atoms with Crippen LogP contribution in [0.4, 0.5) is 0 Å². The lowest BCUT2D eigenvalue weighted by Crippen LogP contribution is -2.30. The molecule has 2 aromatic rings. The van der Waals surface area contributed by atoms with E-state index >= 15 is 0 Å². The molecule has 0 saturated carbocycles. The Morgan fingerprint density at radius 1 is 1.17 bits per heavy atom. The van der Waals surface area contributed by atoms with Crippen molar-refractivity contribution < 1.29 is 9.59 Å². The molecule has 160 valence electrons. The van der Waals surface area contributed by atoms with E-state index in [1.54, 1.807) is 31.1 Å². The van der Waals surface area contributed by atoms with E-state index in [2.05, 4.69) is 11.2 Å². The number of nitriles is 1. The van der Waals surface area contributed by atoms with Crippen molar-refractivity contribution in [1.29, 1.82) is 5.26 Å². The third-order valence-electron chi connectivity index (χ3n) is 5.27. The first-order valence-electron chi connectivity index (χ1n) is 10.3. The van der Waals surface area contributed by atoms with Gasteiger partial charge in [0.25, 0.3) is 5.91 Å². The van der Waals surface area contributed by atoms with E-state index < -0.39 is 0 Å². The first-order valence-corrected chi connectivity index (χ1v) is 10.3. The number of amides is 2. The number of carbonyl (C=O) groups excluding carboxylic acids is 2. The Morgan fingerprint density at radius 3 is 2.40 bits per heavy atom. The predicted molar refractivity (Wildman–Crippen MR) is 116 cm³/mol. The van der Waals surface area contributed by atoms with Gasteiger partial charge in [0.1, 0.15) is 0 Å². The van der Waals surface area contributed by atoms with Crippen molar-refractivity contribution in [2.75, 3.05) is 20.6 Å². The molecule has 0 spiro atoms. The van der Waals surface area contributed by atoms with E-state index in [-0.39, 0.29) is 11.8 Å². The average Bonchev–Trinajstić information content (AvgIpc) is 3.01. The average molecular weight is 410 g/mol. The second kappa shape index (κ2) is 10.6. The van der Waals surface area contributed by atoms with Gasteiger partial charge in [-0.3, -0.25) is 14.3 Å². The Balaban J connectivity index is 2.00. The molecule has 1 aromatic carbocycles. The Hall–Kier alpha value is -3.14. The molecule has 30 heavy (non-hydrogen) atoms. The van der Waals surface area contributed by atoms with Crippen LogP contribution in [0.5, 0.6) is 0 Å². The van der Waals surface area contributed by atoms with Crippen molar-refractivity contribution in [3.8, 4) is 6.07 Å². The van der Waals surface area contributed by atoms with Crippen LogP contribution in [0.1, 0.15) is 52.6 Å². The SMILES string of the molecule is CCN(Cc1ccc(C(=O)N(C)C)cc1)C(=O)CCc1c(C)nn(CCC#N)c1C. The van der Waals surface area contributed by atoms with Gasteiger partial charge in [0.15, 0.2) is 0 Å². The van der Waals surface area contributed by atoms with Gasteiger partial charge < -0.3 is 9.80 Å². The van der Waals surface area contributed by atoms with Crippen molar-refractivity contribution >= 4 is 11.8 Å². The predicted octanol–water partition coefficient (Wildman–Crippen LogP) is 3.10. The highest BCUT2D eigenvalue weighted by atomic mass is 16.2. The summed E-state index contributed by atoms with van der Waals surface area (Å²) in [4.78, 5) is 28.2. The number of nitrogens with zero attached hydrogens (tertiary/aromatic N) is 5. The van der Waals surface area contributed by atoms with Gasteiger partial charge in [-0.25, -0.2) is 0 Å². The van der Waals surface area contributed by atoms with E-state index in [1.807, 2.05) is 42.5 Å². The van der Waals surface area contributed by atoms with Gasteiger partial charge >= 0.3 is 0 Å². The molecular weight excluding hydrogens is 378 g/mol. The minimum atomic E-state index is -0.0361. The number of carbonyl (C=O) groups is 2. The standard InChI is InChI=1S/C23H31N5O2/c1-6-27(16-19-8-10-20(11-9-19)23(30)26(4)5)22(29)13-12-21-17(2)25-28(18(21)3)15-7-14-24/h8-11H,6-7,12-13,15-16H2,1-5H3. The summed E-state index contributed by atoms with van der Waals surface area (Å²) in [5.74, 6) is 0.0561. The zero-order valence-corrected chi connectivity index (χ0v) is 18.6. The fourth-order valence-corrected chi connectivity index (χ4v) is 3.47. The van der Waals surface area contributed by atoms with Crippen LogP contribution in [0.2, 0.25) is 0 Å². The minimum absolute atomic E-state index is 0.0361. The molecule has 0 aliphatic heterocycles. The lowest BCUT2D eigenvalue weighted by Gasteiger charge is -2.21. The summed E-state index contributed by atoms with van der Waals surface area (Å²) in [7, 11) is 3.45. The van der Waals surface area contributed by atoms with Gasteiger partial charge in [0, 0.05) is 44.9 Å². The van der Waals surface area contributed by atoms with Crippen LogP contribution in [-0.2, 0) is 24.3 Å². The molecule has 0 unspecified atom stereocenters. The summed E-state index contributed by atoms with van der Waals surface area (Å²) >= 11 is 0. The molecule has 0 N–H and O–H groups in total. The molecule has 0 bridgehead atoms. The Bertz CT molecular complexity index is 922. The minimum Gasteiger partial charge on any atom is -0.345 e. The van der Waals surface area contributed by atoms with Gasteiger partial charge in [0.2, 0.25) is 5.91 Å². The molecule has 7 heteroatoms. The number of hydrogen-bond acceptors (Lipinski definition) is 4. The molecule has 7 nitrogen and oxygen atoms in total. The van der Waals surface area contributed by atoms with Crippen molar-refractivity contribution in [2.24, 2.45) is 0 Å². The zero-order valence-electron chi connectivity index (χ0n) is 18.6. The van der Waals surface area contributed by atoms with E-state index in [0.29, 0.717) is 44.5 Å². The first-order chi connectivity index (χ1) is 14.3. The quantitative estimate of drug-likeness (QED) is 0.637. The highest BCUT2D eigenvalue weighted by Gasteiger charge is 2.17. The summed E-state index contributed by atoms with van der Waals surface area (Å²) in [5.41, 5.74) is 4.67. The van der Waals surface area contributed by atoms with Crippen LogP contribution >= 0.6 is 0 Å².